The minimum Gasteiger partial charge on any atom is -0.376 e. The molecule has 0 aromatic heterocycles. The van der Waals surface area contributed by atoms with Gasteiger partial charge in [-0.2, -0.15) is 0 Å². The maximum absolute atomic E-state index is 12.4. The number of carbonyl (C=O) groups is 2. The van der Waals surface area contributed by atoms with Crippen molar-refractivity contribution in [3.8, 4) is 0 Å². The summed E-state index contributed by atoms with van der Waals surface area (Å²) in [5.74, 6) is -0.271. The first-order valence-corrected chi connectivity index (χ1v) is 9.04. The molecule has 1 aromatic rings. The summed E-state index contributed by atoms with van der Waals surface area (Å²) in [5, 5.41) is 0.585. The number of ether oxygens (including phenoxy) is 2. The van der Waals surface area contributed by atoms with Gasteiger partial charge in [-0.25, -0.2) is 0 Å². The maximum atomic E-state index is 12.4. The summed E-state index contributed by atoms with van der Waals surface area (Å²) in [7, 11) is 0. The van der Waals surface area contributed by atoms with Crippen LogP contribution in [0.25, 0.3) is 0 Å². The molecule has 2 heterocycles. The third kappa shape index (κ3) is 4.93. The summed E-state index contributed by atoms with van der Waals surface area (Å²) >= 11 is 5.98. The van der Waals surface area contributed by atoms with Crippen molar-refractivity contribution in [1.82, 2.24) is 4.90 Å². The minimum atomic E-state index is -0.157. The summed E-state index contributed by atoms with van der Waals surface area (Å²) in [5.41, 5.74) is 0.760. The smallest absolute Gasteiger partial charge is 0.249 e. The highest BCUT2D eigenvalue weighted by Gasteiger charge is 2.28. The highest BCUT2D eigenvalue weighted by atomic mass is 35.5. The molecular weight excluding hydrogens is 344 g/mol. The molecular formula is C18H23ClN2O4. The average Bonchev–Trinajstić information content (AvgIpc) is 2.62. The lowest BCUT2D eigenvalue weighted by Crippen LogP contribution is -2.53. The van der Waals surface area contributed by atoms with Gasteiger partial charge in [0.15, 0.2) is 0 Å². The number of hydrogen-bond acceptors (Lipinski definition) is 4. The summed E-state index contributed by atoms with van der Waals surface area (Å²) in [4.78, 5) is 27.8. The Kier molecular flexibility index (Phi) is 6.29. The zero-order valence-corrected chi connectivity index (χ0v) is 14.9. The van der Waals surface area contributed by atoms with Gasteiger partial charge in [0, 0.05) is 30.4 Å². The fourth-order valence-corrected chi connectivity index (χ4v) is 3.30. The second kappa shape index (κ2) is 8.65. The van der Waals surface area contributed by atoms with Crippen molar-refractivity contribution in [2.75, 3.05) is 44.4 Å². The van der Waals surface area contributed by atoms with E-state index in [0.29, 0.717) is 24.7 Å². The van der Waals surface area contributed by atoms with E-state index in [1.54, 1.807) is 21.9 Å². The van der Waals surface area contributed by atoms with E-state index < -0.39 is 0 Å². The number of hydrogen-bond donors (Lipinski definition) is 0. The van der Waals surface area contributed by atoms with Crippen LogP contribution in [0.2, 0.25) is 5.02 Å². The van der Waals surface area contributed by atoms with Crippen LogP contribution in [-0.2, 0) is 19.1 Å². The second-order valence-electron chi connectivity index (χ2n) is 6.34. The molecule has 2 saturated heterocycles. The van der Waals surface area contributed by atoms with Crippen LogP contribution in [0.3, 0.4) is 0 Å². The molecule has 1 atom stereocenters. The van der Waals surface area contributed by atoms with Crippen molar-refractivity contribution in [2.24, 2.45) is 0 Å². The molecule has 3 rings (SSSR count). The Morgan fingerprint density at radius 3 is 2.92 bits per heavy atom. The van der Waals surface area contributed by atoms with Crippen molar-refractivity contribution in [3.63, 3.8) is 0 Å². The summed E-state index contributed by atoms with van der Waals surface area (Å²) < 4.78 is 11.1. The SMILES string of the molecule is O=C(COCC1CCCCO1)N1CCN(c2cccc(Cl)c2)C(=O)C1. The van der Waals surface area contributed by atoms with E-state index in [1.807, 2.05) is 12.1 Å². The van der Waals surface area contributed by atoms with E-state index in [0.717, 1.165) is 31.6 Å². The van der Waals surface area contributed by atoms with Crippen molar-refractivity contribution in [3.05, 3.63) is 29.3 Å². The fourth-order valence-electron chi connectivity index (χ4n) is 3.11. The van der Waals surface area contributed by atoms with Gasteiger partial charge in [0.25, 0.3) is 0 Å². The Bertz CT molecular complexity index is 619. The summed E-state index contributed by atoms with van der Waals surface area (Å²) in [6.07, 6.45) is 3.30. The van der Waals surface area contributed by atoms with E-state index in [1.165, 1.54) is 0 Å². The average molecular weight is 367 g/mol. The molecule has 25 heavy (non-hydrogen) atoms. The number of benzene rings is 1. The predicted molar refractivity (Wildman–Crippen MR) is 94.8 cm³/mol. The molecule has 136 valence electrons. The first kappa shape index (κ1) is 18.2. The van der Waals surface area contributed by atoms with Crippen LogP contribution in [0.5, 0.6) is 0 Å². The van der Waals surface area contributed by atoms with Crippen LogP contribution in [0, 0.1) is 0 Å². The van der Waals surface area contributed by atoms with Gasteiger partial charge < -0.3 is 19.3 Å². The van der Waals surface area contributed by atoms with Gasteiger partial charge >= 0.3 is 0 Å². The van der Waals surface area contributed by atoms with Crippen LogP contribution < -0.4 is 4.90 Å². The Labute approximate surface area is 152 Å². The zero-order chi connectivity index (χ0) is 17.6. The van der Waals surface area contributed by atoms with Gasteiger partial charge in [-0.05, 0) is 37.5 Å². The standard InChI is InChI=1S/C18H23ClN2O4/c19-14-4-3-5-15(10-14)21-8-7-20(11-17(21)22)18(23)13-24-12-16-6-1-2-9-25-16/h3-5,10,16H,1-2,6-9,11-13H2. The number of nitrogens with zero attached hydrogens (tertiary/aromatic N) is 2. The minimum absolute atomic E-state index is 0.00962. The largest absolute Gasteiger partial charge is 0.376 e. The van der Waals surface area contributed by atoms with E-state index >= 15 is 0 Å². The summed E-state index contributed by atoms with van der Waals surface area (Å²) in [6, 6.07) is 7.17. The van der Waals surface area contributed by atoms with E-state index in [4.69, 9.17) is 21.1 Å². The van der Waals surface area contributed by atoms with Crippen molar-refractivity contribution in [1.29, 1.82) is 0 Å². The molecule has 6 nitrogen and oxygen atoms in total. The molecule has 2 amide bonds. The quantitative estimate of drug-likeness (QED) is 0.800. The highest BCUT2D eigenvalue weighted by molar-refractivity contribution is 6.30. The van der Waals surface area contributed by atoms with Crippen molar-refractivity contribution >= 4 is 29.1 Å². The van der Waals surface area contributed by atoms with Crippen LogP contribution >= 0.6 is 11.6 Å². The number of piperazine rings is 1. The molecule has 0 radical (unpaired) electrons. The number of rotatable bonds is 5. The van der Waals surface area contributed by atoms with Crippen molar-refractivity contribution in [2.45, 2.75) is 25.4 Å². The summed E-state index contributed by atoms with van der Waals surface area (Å²) in [6.45, 7) is 2.19. The van der Waals surface area contributed by atoms with Gasteiger partial charge in [-0.15, -0.1) is 0 Å². The topological polar surface area (TPSA) is 59.1 Å². The van der Waals surface area contributed by atoms with Gasteiger partial charge in [0.1, 0.15) is 13.2 Å². The number of amides is 2. The third-order valence-corrected chi connectivity index (χ3v) is 4.73. The zero-order valence-electron chi connectivity index (χ0n) is 14.2. The van der Waals surface area contributed by atoms with Crippen LogP contribution in [0.1, 0.15) is 19.3 Å². The Balaban J connectivity index is 1.45. The predicted octanol–water partition coefficient (Wildman–Crippen LogP) is 2.10. The third-order valence-electron chi connectivity index (χ3n) is 4.50. The first-order valence-electron chi connectivity index (χ1n) is 8.66. The lowest BCUT2D eigenvalue weighted by molar-refractivity contribution is -0.142. The van der Waals surface area contributed by atoms with Crippen molar-refractivity contribution < 1.29 is 19.1 Å². The molecule has 0 N–H and O–H groups in total. The molecule has 0 aliphatic carbocycles. The molecule has 1 unspecified atom stereocenters. The van der Waals surface area contributed by atoms with E-state index in [9.17, 15) is 9.59 Å². The molecule has 0 spiro atoms. The molecule has 0 saturated carbocycles. The molecule has 1 aromatic carbocycles. The molecule has 0 bridgehead atoms. The van der Waals surface area contributed by atoms with Gasteiger partial charge in [0.2, 0.25) is 11.8 Å². The van der Waals surface area contributed by atoms with Gasteiger partial charge in [-0.1, -0.05) is 17.7 Å². The van der Waals surface area contributed by atoms with Crippen LogP contribution in [0.15, 0.2) is 24.3 Å². The second-order valence-corrected chi connectivity index (χ2v) is 6.78. The monoisotopic (exact) mass is 366 g/mol. The highest BCUT2D eigenvalue weighted by Crippen LogP contribution is 2.21. The van der Waals surface area contributed by atoms with Gasteiger partial charge in [-0.3, -0.25) is 9.59 Å². The molecule has 2 aliphatic heterocycles. The Morgan fingerprint density at radius 2 is 2.20 bits per heavy atom. The van der Waals surface area contributed by atoms with E-state index in [2.05, 4.69) is 0 Å². The Hall–Kier alpha value is -1.63. The van der Waals surface area contributed by atoms with Crippen LogP contribution in [-0.4, -0.2) is 62.3 Å². The number of halogens is 1. The fraction of sp³-hybridized carbons (Fsp3) is 0.556. The lowest BCUT2D eigenvalue weighted by Gasteiger charge is -2.34. The molecule has 2 aliphatic rings. The molecule has 7 heteroatoms. The molecule has 2 fully saturated rings. The Morgan fingerprint density at radius 1 is 1.32 bits per heavy atom. The maximum Gasteiger partial charge on any atom is 0.249 e. The van der Waals surface area contributed by atoms with Crippen LogP contribution in [0.4, 0.5) is 5.69 Å². The van der Waals surface area contributed by atoms with E-state index in [-0.39, 0.29) is 31.1 Å². The first-order chi connectivity index (χ1) is 12.1. The lowest BCUT2D eigenvalue weighted by atomic mass is 10.1. The number of anilines is 1. The number of carbonyl (C=O) groups excluding carboxylic acids is 2. The van der Waals surface area contributed by atoms with Gasteiger partial charge in [0.05, 0.1) is 12.7 Å². The normalized spacial score (nSPS) is 21.5.